The zero-order valence-electron chi connectivity index (χ0n) is 10.9. The van der Waals surface area contributed by atoms with E-state index in [1.54, 1.807) is 0 Å². The molecule has 0 saturated heterocycles. The van der Waals surface area contributed by atoms with E-state index in [1.807, 2.05) is 20.8 Å². The number of hydrogen-bond donors (Lipinski definition) is 0. The molecular weight excluding hydrogens is 194 g/mol. The van der Waals surface area contributed by atoms with E-state index < -0.39 is 0 Å². The van der Waals surface area contributed by atoms with Crippen molar-refractivity contribution in [2.24, 2.45) is 5.92 Å². The van der Waals surface area contributed by atoms with Crippen molar-refractivity contribution >= 4 is 12.2 Å². The normalized spacial score (nSPS) is 17.2. The van der Waals surface area contributed by atoms with E-state index in [4.69, 9.17) is 0 Å². The van der Waals surface area contributed by atoms with Gasteiger partial charge in [-0.3, -0.25) is 4.98 Å². The van der Waals surface area contributed by atoms with Crippen LogP contribution in [0.1, 0.15) is 43.3 Å². The van der Waals surface area contributed by atoms with E-state index in [0.717, 1.165) is 11.4 Å². The van der Waals surface area contributed by atoms with Gasteiger partial charge in [0.1, 0.15) is 0 Å². The molecule has 0 fully saturated rings. The summed E-state index contributed by atoms with van der Waals surface area (Å²) in [7, 11) is 0. The highest BCUT2D eigenvalue weighted by Crippen LogP contribution is 2.21. The summed E-state index contributed by atoms with van der Waals surface area (Å²) in [5.74, 6) is 0.504. The SMILES string of the molecule is CC.Cc1cc(C)c2c(n1)C=CC(C)C=C2. The van der Waals surface area contributed by atoms with Crippen LogP contribution in [0.4, 0.5) is 0 Å². The second-order valence-corrected chi connectivity index (χ2v) is 3.96. The van der Waals surface area contributed by atoms with Gasteiger partial charge in [-0.2, -0.15) is 0 Å². The van der Waals surface area contributed by atoms with Gasteiger partial charge in [-0.15, -0.1) is 0 Å². The first-order valence-corrected chi connectivity index (χ1v) is 6.01. The van der Waals surface area contributed by atoms with Gasteiger partial charge in [-0.25, -0.2) is 0 Å². The van der Waals surface area contributed by atoms with Crippen LogP contribution in [0.15, 0.2) is 18.2 Å². The molecule has 86 valence electrons. The van der Waals surface area contributed by atoms with Gasteiger partial charge in [0.15, 0.2) is 0 Å². The third kappa shape index (κ3) is 2.82. The number of allylic oxidation sites excluding steroid dienone is 2. The van der Waals surface area contributed by atoms with E-state index in [-0.39, 0.29) is 0 Å². The molecule has 0 amide bonds. The second kappa shape index (κ2) is 5.64. The molecule has 0 N–H and O–H groups in total. The predicted octanol–water partition coefficient (Wildman–Crippen LogP) is 4.40. The number of aromatic nitrogens is 1. The van der Waals surface area contributed by atoms with E-state index >= 15 is 0 Å². The van der Waals surface area contributed by atoms with Crippen molar-refractivity contribution in [1.29, 1.82) is 0 Å². The molecule has 1 aromatic heterocycles. The largest absolute Gasteiger partial charge is 0.253 e. The molecule has 0 spiro atoms. The van der Waals surface area contributed by atoms with Crippen LogP contribution >= 0.6 is 0 Å². The maximum atomic E-state index is 4.53. The fourth-order valence-corrected chi connectivity index (χ4v) is 1.77. The summed E-state index contributed by atoms with van der Waals surface area (Å²) in [6.45, 7) is 10.4. The summed E-state index contributed by atoms with van der Waals surface area (Å²) in [6, 6.07) is 2.13. The lowest BCUT2D eigenvalue weighted by Gasteiger charge is -2.05. The molecule has 2 rings (SSSR count). The summed E-state index contributed by atoms with van der Waals surface area (Å²) in [6.07, 6.45) is 8.71. The van der Waals surface area contributed by atoms with E-state index in [0.29, 0.717) is 5.92 Å². The molecule has 0 saturated carbocycles. The molecule has 0 radical (unpaired) electrons. The summed E-state index contributed by atoms with van der Waals surface area (Å²) in [5.41, 5.74) is 4.76. The van der Waals surface area contributed by atoms with Gasteiger partial charge >= 0.3 is 0 Å². The molecule has 1 unspecified atom stereocenters. The van der Waals surface area contributed by atoms with Gasteiger partial charge in [0.25, 0.3) is 0 Å². The van der Waals surface area contributed by atoms with Gasteiger partial charge in [-0.05, 0) is 37.5 Å². The van der Waals surface area contributed by atoms with Gasteiger partial charge in [0.05, 0.1) is 5.69 Å². The van der Waals surface area contributed by atoms with Crippen LogP contribution in [0.5, 0.6) is 0 Å². The lowest BCUT2D eigenvalue weighted by Crippen LogP contribution is -1.93. The van der Waals surface area contributed by atoms with Crippen molar-refractivity contribution < 1.29 is 0 Å². The van der Waals surface area contributed by atoms with Crippen LogP contribution in [0.25, 0.3) is 12.2 Å². The fourth-order valence-electron chi connectivity index (χ4n) is 1.77. The molecule has 16 heavy (non-hydrogen) atoms. The maximum absolute atomic E-state index is 4.53. The number of hydrogen-bond acceptors (Lipinski definition) is 1. The van der Waals surface area contributed by atoms with Crippen molar-refractivity contribution in [2.45, 2.75) is 34.6 Å². The van der Waals surface area contributed by atoms with Crippen LogP contribution in [0.2, 0.25) is 0 Å². The Bertz CT molecular complexity index is 414. The van der Waals surface area contributed by atoms with Crippen molar-refractivity contribution in [3.63, 3.8) is 0 Å². The summed E-state index contributed by atoms with van der Waals surface area (Å²) in [4.78, 5) is 4.53. The molecule has 0 aliphatic heterocycles. The third-order valence-electron chi connectivity index (χ3n) is 2.55. The molecule has 1 aliphatic carbocycles. The summed E-state index contributed by atoms with van der Waals surface area (Å²) in [5, 5.41) is 0. The second-order valence-electron chi connectivity index (χ2n) is 3.96. The lowest BCUT2D eigenvalue weighted by molar-refractivity contribution is 0.953. The van der Waals surface area contributed by atoms with Crippen molar-refractivity contribution in [3.8, 4) is 0 Å². The highest BCUT2D eigenvalue weighted by molar-refractivity contribution is 5.67. The molecule has 1 atom stereocenters. The first kappa shape index (κ1) is 12.7. The van der Waals surface area contributed by atoms with Crippen LogP contribution in [-0.4, -0.2) is 4.98 Å². The van der Waals surface area contributed by atoms with E-state index in [2.05, 4.69) is 49.2 Å². The first-order chi connectivity index (χ1) is 7.66. The monoisotopic (exact) mass is 215 g/mol. The van der Waals surface area contributed by atoms with Gasteiger partial charge < -0.3 is 0 Å². The predicted molar refractivity (Wildman–Crippen MR) is 72.3 cm³/mol. The van der Waals surface area contributed by atoms with Crippen molar-refractivity contribution in [1.82, 2.24) is 4.98 Å². The Labute approximate surface area is 98.9 Å². The van der Waals surface area contributed by atoms with Crippen LogP contribution in [0.3, 0.4) is 0 Å². The average molecular weight is 215 g/mol. The molecule has 0 aromatic carbocycles. The van der Waals surface area contributed by atoms with Crippen LogP contribution in [0, 0.1) is 19.8 Å². The van der Waals surface area contributed by atoms with Gasteiger partial charge in [-0.1, -0.05) is 39.0 Å². The third-order valence-corrected chi connectivity index (χ3v) is 2.55. The molecule has 0 bridgehead atoms. The molecule has 1 heterocycles. The Kier molecular flexibility index (Phi) is 4.48. The van der Waals surface area contributed by atoms with E-state index in [1.165, 1.54) is 11.1 Å². The molecule has 1 nitrogen and oxygen atoms in total. The number of rotatable bonds is 0. The summed E-state index contributed by atoms with van der Waals surface area (Å²) >= 11 is 0. The Morgan fingerprint density at radius 2 is 1.69 bits per heavy atom. The standard InChI is InChI=1S/C13H15N.C2H6/c1-9-4-6-12-10(2)8-11(3)14-13(12)7-5-9;1-2/h4-9H,1-3H3;1-2H3. The van der Waals surface area contributed by atoms with Gasteiger partial charge in [0.2, 0.25) is 0 Å². The number of fused-ring (bicyclic) bond motifs is 1. The number of aryl methyl sites for hydroxylation is 2. The minimum absolute atomic E-state index is 0.504. The number of nitrogens with zero attached hydrogens (tertiary/aromatic N) is 1. The van der Waals surface area contributed by atoms with Crippen molar-refractivity contribution in [2.75, 3.05) is 0 Å². The fraction of sp³-hybridized carbons (Fsp3) is 0.400. The smallest absolute Gasteiger partial charge is 0.0704 e. The molecule has 1 aromatic rings. The van der Waals surface area contributed by atoms with Crippen molar-refractivity contribution in [3.05, 3.63) is 40.7 Å². The highest BCUT2D eigenvalue weighted by atomic mass is 14.7. The zero-order valence-corrected chi connectivity index (χ0v) is 10.9. The lowest BCUT2D eigenvalue weighted by atomic mass is 10.1. The Hall–Kier alpha value is -1.37. The Morgan fingerprint density at radius 3 is 2.38 bits per heavy atom. The Balaban J connectivity index is 0.000000606. The number of pyridine rings is 1. The average Bonchev–Trinajstić information content (AvgIpc) is 2.44. The van der Waals surface area contributed by atoms with Gasteiger partial charge in [0, 0.05) is 11.3 Å². The quantitative estimate of drug-likeness (QED) is 0.625. The van der Waals surface area contributed by atoms with E-state index in [9.17, 15) is 0 Å². The minimum atomic E-state index is 0.504. The summed E-state index contributed by atoms with van der Waals surface area (Å²) < 4.78 is 0. The topological polar surface area (TPSA) is 12.9 Å². The molecule has 1 aliphatic rings. The zero-order chi connectivity index (χ0) is 12.1. The first-order valence-electron chi connectivity index (χ1n) is 6.01. The van der Waals surface area contributed by atoms with Crippen LogP contribution in [-0.2, 0) is 0 Å². The van der Waals surface area contributed by atoms with Crippen LogP contribution < -0.4 is 0 Å². The Morgan fingerprint density at radius 1 is 1.06 bits per heavy atom. The molecule has 1 heteroatoms. The molecular formula is C15H21N. The maximum Gasteiger partial charge on any atom is 0.0704 e. The minimum Gasteiger partial charge on any atom is -0.253 e. The highest BCUT2D eigenvalue weighted by Gasteiger charge is 2.06.